The first-order valence-electron chi connectivity index (χ1n) is 24.1. The molecular formula is C58H82O6Si2. The monoisotopic (exact) mass is 931 g/mol. The van der Waals surface area contributed by atoms with E-state index in [1.807, 2.05) is 42.5 Å². The van der Waals surface area contributed by atoms with E-state index in [2.05, 4.69) is 192 Å². The molecule has 66 heavy (non-hydrogen) atoms. The normalized spacial score (nSPS) is 15.6. The fourth-order valence-corrected chi connectivity index (χ4v) is 10.4. The minimum atomic E-state index is -2.28. The van der Waals surface area contributed by atoms with Crippen LogP contribution in [0.15, 0.2) is 127 Å². The fraction of sp³-hybridized carbons (Fsp3) is 0.500. The van der Waals surface area contributed by atoms with Crippen LogP contribution in [-0.4, -0.2) is 54.9 Å². The van der Waals surface area contributed by atoms with Gasteiger partial charge in [-0.15, -0.1) is 0 Å². The summed E-state index contributed by atoms with van der Waals surface area (Å²) in [5.74, 6) is 7.36. The SMILES string of the molecule is COc1ccc(CO[C@H]([C@H](C)C[C@@H](C)CO[Si](C)(C)C(C)(C)C)[C@@H](C)C#CC(=O)C[C@H](O[Si](C)(C)C(C)(C)C)[C@@H](C)C=CCOC(c2ccccc2)(c2ccccc2)c2ccccc2)cc1. The van der Waals surface area contributed by atoms with E-state index in [0.29, 0.717) is 25.7 Å². The molecule has 358 valence electrons. The van der Waals surface area contributed by atoms with Crippen LogP contribution < -0.4 is 4.74 Å². The van der Waals surface area contributed by atoms with E-state index in [9.17, 15) is 4.79 Å². The van der Waals surface area contributed by atoms with Gasteiger partial charge < -0.3 is 23.1 Å². The van der Waals surface area contributed by atoms with E-state index in [-0.39, 0.29) is 52.2 Å². The van der Waals surface area contributed by atoms with Crippen LogP contribution >= 0.6 is 0 Å². The number of hydrogen-bond donors (Lipinski definition) is 0. The highest BCUT2D eigenvalue weighted by atomic mass is 28.4. The Kier molecular flexibility index (Phi) is 20.1. The van der Waals surface area contributed by atoms with Crippen LogP contribution in [0, 0.1) is 35.5 Å². The van der Waals surface area contributed by atoms with Gasteiger partial charge in [-0.25, -0.2) is 0 Å². The zero-order valence-electron chi connectivity index (χ0n) is 43.1. The second kappa shape index (κ2) is 24.3. The first-order valence-corrected chi connectivity index (χ1v) is 29.9. The van der Waals surface area contributed by atoms with E-state index in [4.69, 9.17) is 23.1 Å². The summed E-state index contributed by atoms with van der Waals surface area (Å²) in [5.41, 5.74) is 3.38. The summed E-state index contributed by atoms with van der Waals surface area (Å²) in [7, 11) is -2.49. The predicted octanol–water partition coefficient (Wildman–Crippen LogP) is 14.5. The summed E-state index contributed by atoms with van der Waals surface area (Å²) in [5, 5.41) is 0.107. The molecule has 0 aliphatic rings. The van der Waals surface area contributed by atoms with Gasteiger partial charge in [-0.2, -0.15) is 0 Å². The predicted molar refractivity (Wildman–Crippen MR) is 280 cm³/mol. The van der Waals surface area contributed by atoms with Gasteiger partial charge in [-0.3, -0.25) is 4.79 Å². The molecular weight excluding hydrogens is 849 g/mol. The average molecular weight is 931 g/mol. The maximum absolute atomic E-state index is 14.0. The van der Waals surface area contributed by atoms with Crippen LogP contribution in [0.5, 0.6) is 5.75 Å². The zero-order valence-corrected chi connectivity index (χ0v) is 45.1. The molecule has 4 aromatic carbocycles. The number of ether oxygens (including phenoxy) is 3. The van der Waals surface area contributed by atoms with Crippen LogP contribution in [0.4, 0.5) is 0 Å². The molecule has 0 aliphatic heterocycles. The Morgan fingerprint density at radius 1 is 0.697 bits per heavy atom. The smallest absolute Gasteiger partial charge is 0.208 e. The highest BCUT2D eigenvalue weighted by Crippen LogP contribution is 2.42. The summed E-state index contributed by atoms with van der Waals surface area (Å²) in [4.78, 5) is 14.0. The molecule has 0 aromatic heterocycles. The molecule has 0 amide bonds. The summed E-state index contributed by atoms with van der Waals surface area (Å²) < 4.78 is 32.9. The van der Waals surface area contributed by atoms with Crippen LogP contribution in [0.3, 0.4) is 0 Å². The van der Waals surface area contributed by atoms with E-state index >= 15 is 0 Å². The van der Waals surface area contributed by atoms with Crippen molar-refractivity contribution in [2.24, 2.45) is 23.7 Å². The number of Topliss-reactive ketones (excluding diaryl/α,β-unsaturated/α-hetero) is 1. The highest BCUT2D eigenvalue weighted by Gasteiger charge is 2.41. The molecule has 0 heterocycles. The van der Waals surface area contributed by atoms with Crippen molar-refractivity contribution in [1.82, 2.24) is 0 Å². The number of rotatable bonds is 23. The first kappa shape index (κ1) is 54.5. The summed E-state index contributed by atoms with van der Waals surface area (Å²) in [6.45, 7) is 32.9. The van der Waals surface area contributed by atoms with Gasteiger partial charge >= 0.3 is 0 Å². The molecule has 6 nitrogen and oxygen atoms in total. The van der Waals surface area contributed by atoms with Gasteiger partial charge in [0.05, 0.1) is 32.5 Å². The average Bonchev–Trinajstić information content (AvgIpc) is 3.27. The first-order chi connectivity index (χ1) is 31.0. The van der Waals surface area contributed by atoms with Crippen molar-refractivity contribution in [2.75, 3.05) is 20.3 Å². The second-order valence-electron chi connectivity index (χ2n) is 21.5. The van der Waals surface area contributed by atoms with E-state index in [0.717, 1.165) is 34.4 Å². The maximum Gasteiger partial charge on any atom is 0.208 e. The van der Waals surface area contributed by atoms with Crippen molar-refractivity contribution < 1.29 is 27.9 Å². The van der Waals surface area contributed by atoms with Crippen LogP contribution in [0.2, 0.25) is 36.3 Å². The van der Waals surface area contributed by atoms with Gasteiger partial charge in [0.1, 0.15) is 11.4 Å². The Bertz CT molecular complexity index is 2050. The lowest BCUT2D eigenvalue weighted by atomic mass is 9.80. The van der Waals surface area contributed by atoms with Crippen molar-refractivity contribution in [2.45, 2.75) is 143 Å². The molecule has 0 bridgehead atoms. The Labute approximate surface area is 402 Å². The van der Waals surface area contributed by atoms with Crippen molar-refractivity contribution >= 4 is 22.4 Å². The van der Waals surface area contributed by atoms with Gasteiger partial charge in [-0.1, -0.05) is 184 Å². The largest absolute Gasteiger partial charge is 0.497 e. The summed E-state index contributed by atoms with van der Waals surface area (Å²) in [6.07, 6.45) is 4.78. The van der Waals surface area contributed by atoms with Gasteiger partial charge in [0.15, 0.2) is 16.6 Å². The molecule has 0 N–H and O–H groups in total. The fourth-order valence-electron chi connectivity index (χ4n) is 7.86. The minimum Gasteiger partial charge on any atom is -0.497 e. The topological polar surface area (TPSA) is 63.2 Å². The molecule has 0 fully saturated rings. The molecule has 0 radical (unpaired) electrons. The second-order valence-corrected chi connectivity index (χ2v) is 31.1. The standard InChI is InChI=1S/C58H82O6Si2/c1-44(42-63-65(12,13)56(5,6)7)40-47(4)55(61-43-48-34-37-53(60-11)38-35-48)46(3)33-36-52(59)41-54(64-66(14,15)57(8,9)10)45(2)26-25-39-62-58(49-27-19-16-20-28-49,50-29-21-17-22-30-50)51-31-23-18-24-32-51/h16-32,34-35,37-38,44-47,54-55H,39-43H2,1-15H3/t44-,45+,46+,47-,54+,55+/m1/s1. The number of ketones is 1. The number of methoxy groups -OCH3 is 1. The zero-order chi connectivity index (χ0) is 48.8. The van der Waals surface area contributed by atoms with Gasteiger partial charge in [0.25, 0.3) is 0 Å². The Balaban J connectivity index is 1.56. The van der Waals surface area contributed by atoms with E-state index in [1.165, 1.54) is 0 Å². The summed E-state index contributed by atoms with van der Waals surface area (Å²) in [6, 6.07) is 39.2. The third kappa shape index (κ3) is 15.2. The molecule has 8 heteroatoms. The number of hydrogen-bond acceptors (Lipinski definition) is 6. The van der Waals surface area contributed by atoms with E-state index < -0.39 is 22.2 Å². The van der Waals surface area contributed by atoms with Gasteiger partial charge in [-0.05, 0) is 108 Å². The Hall–Kier alpha value is -4.08. The quantitative estimate of drug-likeness (QED) is 0.0243. The van der Waals surface area contributed by atoms with Crippen LogP contribution in [-0.2, 0) is 35.3 Å². The number of carbonyl (C=O) groups is 1. The third-order valence-electron chi connectivity index (χ3n) is 14.0. The molecule has 0 aliphatic carbocycles. The number of benzene rings is 4. The van der Waals surface area contributed by atoms with Crippen LogP contribution in [0.1, 0.15) is 104 Å². The molecule has 0 spiro atoms. The van der Waals surface area contributed by atoms with Crippen molar-refractivity contribution in [3.05, 3.63) is 150 Å². The molecule has 0 unspecified atom stereocenters. The van der Waals surface area contributed by atoms with Crippen LogP contribution in [0.25, 0.3) is 0 Å². The van der Waals surface area contributed by atoms with Crippen molar-refractivity contribution in [1.29, 1.82) is 0 Å². The third-order valence-corrected chi connectivity index (χ3v) is 23.0. The van der Waals surface area contributed by atoms with Gasteiger partial charge in [0.2, 0.25) is 5.78 Å². The Morgan fingerprint density at radius 2 is 1.20 bits per heavy atom. The maximum atomic E-state index is 14.0. The van der Waals surface area contributed by atoms with Crippen molar-refractivity contribution in [3.63, 3.8) is 0 Å². The highest BCUT2D eigenvalue weighted by molar-refractivity contribution is 6.74. The molecule has 0 saturated carbocycles. The van der Waals surface area contributed by atoms with Gasteiger partial charge in [0, 0.05) is 18.9 Å². The molecule has 4 rings (SSSR count). The lowest BCUT2D eigenvalue weighted by Gasteiger charge is -2.40. The molecule has 6 atom stereocenters. The summed E-state index contributed by atoms with van der Waals surface area (Å²) >= 11 is 0. The number of carbonyl (C=O) groups excluding carboxylic acids is 1. The Morgan fingerprint density at radius 3 is 1.67 bits per heavy atom. The minimum absolute atomic E-state index is 0.0425. The molecule has 4 aromatic rings. The van der Waals surface area contributed by atoms with Crippen molar-refractivity contribution in [3.8, 4) is 17.6 Å². The molecule has 0 saturated heterocycles. The lowest BCUT2D eigenvalue weighted by molar-refractivity contribution is -0.115. The van der Waals surface area contributed by atoms with E-state index in [1.54, 1.807) is 7.11 Å². The lowest BCUT2D eigenvalue weighted by Crippen LogP contribution is -2.45.